The Morgan fingerprint density at radius 2 is 1.86 bits per heavy atom. The van der Waals surface area contributed by atoms with Crippen LogP contribution in [0.25, 0.3) is 11.1 Å². The van der Waals surface area contributed by atoms with Gasteiger partial charge in [-0.05, 0) is 81.3 Å². The van der Waals surface area contributed by atoms with Crippen molar-refractivity contribution < 1.29 is 28.1 Å². The van der Waals surface area contributed by atoms with Gasteiger partial charge >= 0.3 is 12.1 Å². The van der Waals surface area contributed by atoms with Gasteiger partial charge in [-0.1, -0.05) is 32.0 Å². The van der Waals surface area contributed by atoms with Crippen molar-refractivity contribution >= 4 is 29.0 Å². The van der Waals surface area contributed by atoms with E-state index in [0.29, 0.717) is 19.6 Å². The largest absolute Gasteiger partial charge is 0.464 e. The van der Waals surface area contributed by atoms with Crippen molar-refractivity contribution in [2.75, 3.05) is 32.0 Å². The molecule has 0 aliphatic carbocycles. The highest BCUT2D eigenvalue weighted by molar-refractivity contribution is 7.83. The second-order valence-electron chi connectivity index (χ2n) is 11.6. The molecule has 0 radical (unpaired) electrons. The Morgan fingerprint density at radius 1 is 1.12 bits per heavy atom. The minimum absolute atomic E-state index is 0.150. The molecule has 11 heteroatoms. The standard InChI is InChI=1S/C31H46N4O6S/c1-22(2)21-40-29(37)20-34-42(39)17-15-33-28(36)12-9-16-35(30(38)41-31(5,6)7)24(4)25-10-8-11-26(18-25)27-13-14-32-19-23(27)3/h8,10-11,13-14,18-19,22,24,34H,9,12,15-17,20-21H2,1-7H3,(H,33,36)/t24-,42?/m0/s1. The Morgan fingerprint density at radius 3 is 2.52 bits per heavy atom. The smallest absolute Gasteiger partial charge is 0.410 e. The predicted octanol–water partition coefficient (Wildman–Crippen LogP) is 4.70. The van der Waals surface area contributed by atoms with E-state index in [-0.39, 0.29) is 43.1 Å². The van der Waals surface area contributed by atoms with E-state index in [9.17, 15) is 18.6 Å². The molecule has 2 atom stereocenters. The molecule has 1 heterocycles. The lowest BCUT2D eigenvalue weighted by Crippen LogP contribution is -2.39. The van der Waals surface area contributed by atoms with Crippen LogP contribution >= 0.6 is 0 Å². The maximum atomic E-state index is 13.2. The molecule has 0 fully saturated rings. The molecule has 2 aromatic rings. The number of aromatic nitrogens is 1. The summed E-state index contributed by atoms with van der Waals surface area (Å²) in [7, 11) is -1.48. The molecule has 0 saturated heterocycles. The molecule has 1 aromatic carbocycles. The molecule has 1 aromatic heterocycles. The van der Waals surface area contributed by atoms with Crippen LogP contribution in [0.3, 0.4) is 0 Å². The molecule has 10 nitrogen and oxygen atoms in total. The van der Waals surface area contributed by atoms with E-state index in [1.807, 2.05) is 78.9 Å². The van der Waals surface area contributed by atoms with Crippen LogP contribution in [0.5, 0.6) is 0 Å². The van der Waals surface area contributed by atoms with Gasteiger partial charge in [-0.3, -0.25) is 14.6 Å². The van der Waals surface area contributed by atoms with Gasteiger partial charge in [0.05, 0.1) is 29.4 Å². The van der Waals surface area contributed by atoms with Gasteiger partial charge in [0.2, 0.25) is 5.91 Å². The first-order valence-electron chi connectivity index (χ1n) is 14.3. The third kappa shape index (κ3) is 12.7. The average molecular weight is 603 g/mol. The number of esters is 1. The molecule has 0 bridgehead atoms. The Balaban J connectivity index is 1.93. The molecular weight excluding hydrogens is 556 g/mol. The summed E-state index contributed by atoms with van der Waals surface area (Å²) in [5.41, 5.74) is 3.43. The number of amides is 2. The molecule has 1 unspecified atom stereocenters. The normalized spacial score (nSPS) is 12.9. The number of carbonyl (C=O) groups is 3. The lowest BCUT2D eigenvalue weighted by molar-refractivity contribution is -0.143. The van der Waals surface area contributed by atoms with Crippen LogP contribution in [0.15, 0.2) is 42.7 Å². The molecule has 232 valence electrons. The van der Waals surface area contributed by atoms with Crippen LogP contribution in [-0.2, 0) is 30.0 Å². The first-order valence-corrected chi connectivity index (χ1v) is 15.6. The van der Waals surface area contributed by atoms with E-state index in [2.05, 4.69) is 21.1 Å². The van der Waals surface area contributed by atoms with Crippen LogP contribution in [-0.4, -0.2) is 69.7 Å². The maximum Gasteiger partial charge on any atom is 0.410 e. The molecule has 0 saturated carbocycles. The van der Waals surface area contributed by atoms with Crippen molar-refractivity contribution in [1.29, 1.82) is 0 Å². The average Bonchev–Trinajstić information content (AvgIpc) is 2.92. The monoisotopic (exact) mass is 602 g/mol. The molecule has 2 amide bonds. The van der Waals surface area contributed by atoms with Gasteiger partial charge in [0.25, 0.3) is 0 Å². The van der Waals surface area contributed by atoms with Crippen molar-refractivity contribution in [3.8, 4) is 11.1 Å². The summed E-state index contributed by atoms with van der Waals surface area (Å²) in [6.07, 6.45) is 3.73. The van der Waals surface area contributed by atoms with Crippen LogP contribution in [0.1, 0.15) is 71.6 Å². The highest BCUT2D eigenvalue weighted by Crippen LogP contribution is 2.29. The number of carbonyl (C=O) groups excluding carboxylic acids is 3. The van der Waals surface area contributed by atoms with Crippen molar-refractivity contribution in [1.82, 2.24) is 19.9 Å². The fourth-order valence-electron chi connectivity index (χ4n) is 4.01. The summed E-state index contributed by atoms with van der Waals surface area (Å²) in [6, 6.07) is 9.71. The molecule has 0 aliphatic rings. The van der Waals surface area contributed by atoms with Crippen molar-refractivity contribution in [2.45, 2.75) is 73.0 Å². The number of benzene rings is 1. The van der Waals surface area contributed by atoms with E-state index in [1.165, 1.54) is 0 Å². The van der Waals surface area contributed by atoms with E-state index in [4.69, 9.17) is 9.47 Å². The quantitative estimate of drug-likeness (QED) is 0.283. The maximum absolute atomic E-state index is 13.2. The summed E-state index contributed by atoms with van der Waals surface area (Å²) in [4.78, 5) is 43.1. The second kappa shape index (κ2) is 17.0. The molecule has 0 spiro atoms. The number of rotatable bonds is 15. The number of hydrogen-bond acceptors (Lipinski definition) is 7. The zero-order valence-electron chi connectivity index (χ0n) is 25.9. The molecule has 2 N–H and O–H groups in total. The van der Waals surface area contributed by atoms with Gasteiger partial charge in [0, 0.05) is 31.9 Å². The summed E-state index contributed by atoms with van der Waals surface area (Å²) in [5, 5.41) is 2.75. The highest BCUT2D eigenvalue weighted by Gasteiger charge is 2.27. The Bertz CT molecular complexity index is 1210. The van der Waals surface area contributed by atoms with Crippen molar-refractivity contribution in [3.05, 3.63) is 53.9 Å². The first-order chi connectivity index (χ1) is 19.8. The van der Waals surface area contributed by atoms with Gasteiger partial charge in [-0.2, -0.15) is 0 Å². The van der Waals surface area contributed by atoms with Crippen LogP contribution in [0.4, 0.5) is 4.79 Å². The molecular formula is C31H46N4O6S. The number of nitrogens with zero attached hydrogens (tertiary/aromatic N) is 2. The highest BCUT2D eigenvalue weighted by atomic mass is 32.2. The molecule has 2 rings (SSSR count). The van der Waals surface area contributed by atoms with E-state index in [0.717, 1.165) is 22.3 Å². The zero-order valence-corrected chi connectivity index (χ0v) is 26.7. The lowest BCUT2D eigenvalue weighted by atomic mass is 9.97. The summed E-state index contributed by atoms with van der Waals surface area (Å²) in [5.74, 6) is -0.307. The van der Waals surface area contributed by atoms with Crippen molar-refractivity contribution in [3.63, 3.8) is 0 Å². The molecule has 42 heavy (non-hydrogen) atoms. The summed E-state index contributed by atoms with van der Waals surface area (Å²) >= 11 is 0. The van der Waals surface area contributed by atoms with E-state index < -0.39 is 28.6 Å². The zero-order chi connectivity index (χ0) is 31.3. The third-order valence-electron chi connectivity index (χ3n) is 6.16. The van der Waals surface area contributed by atoms with E-state index >= 15 is 0 Å². The predicted molar refractivity (Wildman–Crippen MR) is 165 cm³/mol. The number of hydrogen-bond donors (Lipinski definition) is 2. The lowest BCUT2D eigenvalue weighted by Gasteiger charge is -2.32. The van der Waals surface area contributed by atoms with Gasteiger partial charge in [-0.15, -0.1) is 0 Å². The third-order valence-corrected chi connectivity index (χ3v) is 7.20. The van der Waals surface area contributed by atoms with Crippen LogP contribution in [0, 0.1) is 12.8 Å². The topological polar surface area (TPSA) is 127 Å². The van der Waals surface area contributed by atoms with Gasteiger partial charge < -0.3 is 19.7 Å². The number of ether oxygens (including phenoxy) is 2. The Hall–Kier alpha value is -3.31. The van der Waals surface area contributed by atoms with Gasteiger partial charge in [0.15, 0.2) is 0 Å². The minimum Gasteiger partial charge on any atom is -0.464 e. The van der Waals surface area contributed by atoms with Gasteiger partial charge in [0.1, 0.15) is 12.1 Å². The van der Waals surface area contributed by atoms with Gasteiger partial charge in [-0.25, -0.2) is 13.7 Å². The van der Waals surface area contributed by atoms with Crippen molar-refractivity contribution in [2.24, 2.45) is 5.92 Å². The Kier molecular flexibility index (Phi) is 14.1. The fraction of sp³-hybridized carbons (Fsp3) is 0.548. The number of nitrogens with one attached hydrogen (secondary N) is 2. The second-order valence-corrected chi connectivity index (χ2v) is 13.0. The SMILES string of the molecule is Cc1cnccc1-c1cccc([C@H](C)N(CCCC(=O)NCCS(=O)NCC(=O)OCC(C)C)C(=O)OC(C)(C)C)c1. The Labute approximate surface area is 252 Å². The van der Waals surface area contributed by atoms with Crippen LogP contribution in [0.2, 0.25) is 0 Å². The number of aryl methyl sites for hydroxylation is 1. The fourth-order valence-corrected chi connectivity index (χ4v) is 4.72. The summed E-state index contributed by atoms with van der Waals surface area (Å²) < 4.78 is 25.4. The molecule has 0 aliphatic heterocycles. The summed E-state index contributed by atoms with van der Waals surface area (Å²) in [6.45, 7) is 13.9. The van der Waals surface area contributed by atoms with E-state index in [1.54, 1.807) is 11.1 Å². The number of pyridine rings is 1. The first kappa shape index (κ1) is 34.9. The van der Waals surface area contributed by atoms with Crippen LogP contribution < -0.4 is 10.0 Å². The minimum atomic E-state index is -1.48.